The zero-order valence-electron chi connectivity index (χ0n) is 16.8. The number of carbonyl (C=O) groups is 1. The summed E-state index contributed by atoms with van der Waals surface area (Å²) in [6.45, 7) is 9.57. The SMILES string of the molecule is CC1(C)OB(c2cnn(C3CN(C(=O)OCc4ccccc4)C3)c2)OC1(C)C. The lowest BCUT2D eigenvalue weighted by Crippen LogP contribution is -2.51. The molecule has 8 heteroatoms. The van der Waals surface area contributed by atoms with E-state index in [1.807, 2.05) is 68.9 Å². The molecule has 0 unspecified atom stereocenters. The van der Waals surface area contributed by atoms with E-state index in [4.69, 9.17) is 14.0 Å². The maximum atomic E-state index is 12.2. The van der Waals surface area contributed by atoms with Gasteiger partial charge in [-0.15, -0.1) is 0 Å². The Hall–Kier alpha value is -2.32. The van der Waals surface area contributed by atoms with Crippen molar-refractivity contribution in [1.82, 2.24) is 14.7 Å². The van der Waals surface area contributed by atoms with Gasteiger partial charge in [-0.1, -0.05) is 30.3 Å². The van der Waals surface area contributed by atoms with E-state index in [9.17, 15) is 4.79 Å². The first kappa shape index (κ1) is 19.0. The molecule has 2 saturated heterocycles. The Morgan fingerprint density at radius 2 is 1.82 bits per heavy atom. The van der Waals surface area contributed by atoms with E-state index >= 15 is 0 Å². The number of hydrogen-bond acceptors (Lipinski definition) is 5. The Balaban J connectivity index is 1.29. The van der Waals surface area contributed by atoms with Gasteiger partial charge in [-0.25, -0.2) is 4.79 Å². The van der Waals surface area contributed by atoms with Gasteiger partial charge in [-0.2, -0.15) is 5.10 Å². The molecule has 1 aromatic heterocycles. The van der Waals surface area contributed by atoms with E-state index in [-0.39, 0.29) is 29.9 Å². The maximum absolute atomic E-state index is 12.2. The van der Waals surface area contributed by atoms with Crippen LogP contribution in [0.2, 0.25) is 0 Å². The molecule has 0 saturated carbocycles. The highest BCUT2D eigenvalue weighted by molar-refractivity contribution is 6.62. The Morgan fingerprint density at radius 1 is 1.18 bits per heavy atom. The molecule has 0 spiro atoms. The summed E-state index contributed by atoms with van der Waals surface area (Å²) >= 11 is 0. The Morgan fingerprint density at radius 3 is 2.46 bits per heavy atom. The van der Waals surface area contributed by atoms with E-state index in [0.29, 0.717) is 13.1 Å². The molecule has 28 heavy (non-hydrogen) atoms. The molecule has 7 nitrogen and oxygen atoms in total. The molecule has 2 aliphatic heterocycles. The standard InChI is InChI=1S/C20H26BN3O4/c1-19(2)20(3,4)28-21(27-19)16-10-22-24(11-16)17-12-23(13-17)18(25)26-14-15-8-6-5-7-9-15/h5-11,17H,12-14H2,1-4H3. The molecule has 4 rings (SSSR count). The predicted octanol–water partition coefficient (Wildman–Crippen LogP) is 2.38. The van der Waals surface area contributed by atoms with E-state index in [0.717, 1.165) is 11.0 Å². The minimum absolute atomic E-state index is 0.139. The number of likely N-dealkylation sites (tertiary alicyclic amines) is 1. The second kappa shape index (κ2) is 6.94. The van der Waals surface area contributed by atoms with Crippen LogP contribution in [0.15, 0.2) is 42.7 Å². The van der Waals surface area contributed by atoms with Gasteiger partial charge in [-0.05, 0) is 33.3 Å². The molecule has 0 atom stereocenters. The molecule has 1 aromatic carbocycles. The van der Waals surface area contributed by atoms with Crippen LogP contribution in [0.25, 0.3) is 0 Å². The Kier molecular flexibility index (Phi) is 4.71. The van der Waals surface area contributed by atoms with Gasteiger partial charge in [-0.3, -0.25) is 4.68 Å². The van der Waals surface area contributed by atoms with Crippen LogP contribution in [0.1, 0.15) is 39.3 Å². The second-order valence-electron chi connectivity index (χ2n) is 8.44. The number of nitrogens with zero attached hydrogens (tertiary/aromatic N) is 3. The summed E-state index contributed by atoms with van der Waals surface area (Å²) in [5, 5.41) is 4.44. The molecule has 0 aliphatic carbocycles. The lowest BCUT2D eigenvalue weighted by Gasteiger charge is -2.38. The summed E-state index contributed by atoms with van der Waals surface area (Å²) in [5.41, 5.74) is 1.11. The monoisotopic (exact) mass is 383 g/mol. The number of benzene rings is 1. The summed E-state index contributed by atoms with van der Waals surface area (Å²) in [5.74, 6) is 0. The van der Waals surface area contributed by atoms with Crippen molar-refractivity contribution in [2.24, 2.45) is 0 Å². The van der Waals surface area contributed by atoms with E-state index in [2.05, 4.69) is 5.10 Å². The van der Waals surface area contributed by atoms with Crippen LogP contribution in [0, 0.1) is 0 Å². The van der Waals surface area contributed by atoms with Crippen LogP contribution >= 0.6 is 0 Å². The molecule has 3 heterocycles. The van der Waals surface area contributed by atoms with Gasteiger partial charge >= 0.3 is 13.2 Å². The molecule has 2 aromatic rings. The third-order valence-electron chi connectivity index (χ3n) is 5.85. The first-order chi connectivity index (χ1) is 13.2. The summed E-state index contributed by atoms with van der Waals surface area (Å²) in [6.07, 6.45) is 3.43. The summed E-state index contributed by atoms with van der Waals surface area (Å²) < 4.78 is 19.4. The van der Waals surface area contributed by atoms with Crippen molar-refractivity contribution in [3.8, 4) is 0 Å². The first-order valence-corrected chi connectivity index (χ1v) is 9.60. The third kappa shape index (κ3) is 3.54. The van der Waals surface area contributed by atoms with Crippen LogP contribution in [0.3, 0.4) is 0 Å². The van der Waals surface area contributed by atoms with Crippen LogP contribution in [0.5, 0.6) is 0 Å². The van der Waals surface area contributed by atoms with Gasteiger partial charge in [0.15, 0.2) is 0 Å². The number of ether oxygens (including phenoxy) is 1. The molecule has 1 amide bonds. The largest absolute Gasteiger partial charge is 0.498 e. The lowest BCUT2D eigenvalue weighted by molar-refractivity contribution is 0.00578. The normalized spacial score (nSPS) is 20.9. The first-order valence-electron chi connectivity index (χ1n) is 9.60. The molecule has 0 radical (unpaired) electrons. The third-order valence-corrected chi connectivity index (χ3v) is 5.85. The fraction of sp³-hybridized carbons (Fsp3) is 0.500. The average Bonchev–Trinajstić information content (AvgIpc) is 3.15. The maximum Gasteiger partial charge on any atom is 0.498 e. The highest BCUT2D eigenvalue weighted by atomic mass is 16.7. The minimum atomic E-state index is -0.425. The summed E-state index contributed by atoms with van der Waals surface area (Å²) in [7, 11) is -0.425. The molecule has 0 N–H and O–H groups in total. The molecule has 2 fully saturated rings. The zero-order valence-corrected chi connectivity index (χ0v) is 16.8. The minimum Gasteiger partial charge on any atom is -0.445 e. The molecule has 2 aliphatic rings. The molecule has 0 bridgehead atoms. The lowest BCUT2D eigenvalue weighted by atomic mass is 9.82. The second-order valence-corrected chi connectivity index (χ2v) is 8.44. The van der Waals surface area contributed by atoms with Gasteiger partial charge in [0, 0.05) is 30.9 Å². The van der Waals surface area contributed by atoms with Crippen molar-refractivity contribution in [2.75, 3.05) is 13.1 Å². The van der Waals surface area contributed by atoms with Crippen LogP contribution in [-0.4, -0.2) is 52.2 Å². The van der Waals surface area contributed by atoms with Crippen LogP contribution < -0.4 is 5.46 Å². The summed E-state index contributed by atoms with van der Waals surface area (Å²) in [6, 6.07) is 9.81. The number of carbonyl (C=O) groups excluding carboxylic acids is 1. The fourth-order valence-corrected chi connectivity index (χ4v) is 3.24. The van der Waals surface area contributed by atoms with Crippen LogP contribution in [-0.2, 0) is 20.7 Å². The van der Waals surface area contributed by atoms with Gasteiger partial charge in [0.2, 0.25) is 0 Å². The Labute approximate surface area is 165 Å². The quantitative estimate of drug-likeness (QED) is 0.759. The van der Waals surface area contributed by atoms with Crippen molar-refractivity contribution < 1.29 is 18.8 Å². The van der Waals surface area contributed by atoms with Crippen LogP contribution in [0.4, 0.5) is 4.79 Å². The van der Waals surface area contributed by atoms with Gasteiger partial charge < -0.3 is 18.9 Å². The van der Waals surface area contributed by atoms with E-state index < -0.39 is 7.12 Å². The van der Waals surface area contributed by atoms with E-state index in [1.165, 1.54) is 0 Å². The fourth-order valence-electron chi connectivity index (χ4n) is 3.24. The van der Waals surface area contributed by atoms with Gasteiger partial charge in [0.05, 0.1) is 17.2 Å². The van der Waals surface area contributed by atoms with Crippen molar-refractivity contribution in [2.45, 2.75) is 51.5 Å². The predicted molar refractivity (Wildman–Crippen MR) is 105 cm³/mol. The van der Waals surface area contributed by atoms with Crippen molar-refractivity contribution in [3.05, 3.63) is 48.3 Å². The van der Waals surface area contributed by atoms with Crippen molar-refractivity contribution in [1.29, 1.82) is 0 Å². The van der Waals surface area contributed by atoms with Gasteiger partial charge in [0.1, 0.15) is 6.61 Å². The molecular formula is C20H26BN3O4. The van der Waals surface area contributed by atoms with Crippen molar-refractivity contribution in [3.63, 3.8) is 0 Å². The highest BCUT2D eigenvalue weighted by Crippen LogP contribution is 2.36. The van der Waals surface area contributed by atoms with E-state index in [1.54, 1.807) is 11.1 Å². The molecule has 148 valence electrons. The summed E-state index contributed by atoms with van der Waals surface area (Å²) in [4.78, 5) is 13.9. The molecular weight excluding hydrogens is 357 g/mol. The topological polar surface area (TPSA) is 65.8 Å². The number of rotatable bonds is 4. The Bertz CT molecular complexity index is 830. The smallest absolute Gasteiger partial charge is 0.445 e. The van der Waals surface area contributed by atoms with Gasteiger partial charge in [0.25, 0.3) is 0 Å². The van der Waals surface area contributed by atoms with Crippen molar-refractivity contribution >= 4 is 18.7 Å². The zero-order chi connectivity index (χ0) is 19.9. The number of amides is 1. The number of hydrogen-bond donors (Lipinski definition) is 0. The number of aromatic nitrogens is 2. The highest BCUT2D eigenvalue weighted by Gasteiger charge is 2.52. The average molecular weight is 383 g/mol.